The van der Waals surface area contributed by atoms with E-state index in [0.29, 0.717) is 24.0 Å². The van der Waals surface area contributed by atoms with Gasteiger partial charge < -0.3 is 60.3 Å². The Morgan fingerprint density at radius 2 is 1.48 bits per heavy atom. The van der Waals surface area contributed by atoms with Gasteiger partial charge in [-0.2, -0.15) is 8.78 Å². The number of nitrogens with zero attached hydrogens (tertiary/aromatic N) is 4. The molecule has 3 saturated heterocycles. The highest BCUT2D eigenvalue weighted by Gasteiger charge is 2.51. The van der Waals surface area contributed by atoms with E-state index in [9.17, 15) is 61.8 Å². The maximum atomic E-state index is 14.9. The van der Waals surface area contributed by atoms with E-state index in [1.807, 2.05) is 89.2 Å². The van der Waals surface area contributed by atoms with Gasteiger partial charge in [-0.25, -0.2) is 4.98 Å². The molecule has 3 fully saturated rings. The normalized spacial score (nSPS) is 20.3. The molecular weight excluding hydrogens is 1200 g/mol. The van der Waals surface area contributed by atoms with Crippen LogP contribution in [0.2, 0.25) is 0 Å². The second-order valence-corrected chi connectivity index (χ2v) is 28.6. The van der Waals surface area contributed by atoms with Crippen LogP contribution in [0.1, 0.15) is 131 Å². The van der Waals surface area contributed by atoms with Crippen molar-refractivity contribution in [3.63, 3.8) is 0 Å². The van der Waals surface area contributed by atoms with Crippen LogP contribution in [0.15, 0.2) is 84.4 Å². The number of aliphatic hydroxyl groups excluding tert-OH is 1. The average molecular weight is 1280 g/mol. The number of aryl methyl sites for hydroxylation is 1. The molecule has 0 saturated carbocycles. The monoisotopic (exact) mass is 1280 g/mol. The van der Waals surface area contributed by atoms with Gasteiger partial charge in [0.15, 0.2) is 0 Å². The number of unbranched alkanes of at least 4 members (excludes halogenated alkanes) is 2. The fraction of sp³-hybridized carbons (Fsp3) is 0.516. The molecule has 3 aliphatic rings. The molecule has 21 nitrogen and oxygen atoms in total. The number of aromatic nitrogens is 1. The summed E-state index contributed by atoms with van der Waals surface area (Å²) in [6.07, 6.45) is -0.535. The Labute approximate surface area is 518 Å². The zero-order valence-corrected chi connectivity index (χ0v) is 53.2. The number of fused-ring (bicyclic) bond motifs is 1. The molecule has 5 aromatic rings. The van der Waals surface area contributed by atoms with Gasteiger partial charge in [-0.15, -0.1) is 22.7 Å². The van der Waals surface area contributed by atoms with Crippen LogP contribution in [0.5, 0.6) is 0 Å². The molecule has 5 heterocycles. The van der Waals surface area contributed by atoms with Gasteiger partial charge in [0, 0.05) is 55.7 Å². The van der Waals surface area contributed by atoms with E-state index < -0.39 is 114 Å². The molecule has 26 heteroatoms. The molecule has 88 heavy (non-hydrogen) atoms. The molecule has 8 rings (SSSR count). The molecule has 7 N–H and O–H groups in total. The van der Waals surface area contributed by atoms with Gasteiger partial charge in [-0.1, -0.05) is 109 Å². The van der Waals surface area contributed by atoms with Crippen LogP contribution in [-0.2, 0) is 48.5 Å². The number of alkyl halides is 2. The van der Waals surface area contributed by atoms with Gasteiger partial charge in [0.05, 0.1) is 52.4 Å². The minimum atomic E-state index is -5.87. The number of nitrogens with one attached hydrogen (secondary N) is 4. The summed E-state index contributed by atoms with van der Waals surface area (Å²) >= 11 is 2.48. The van der Waals surface area contributed by atoms with Crippen LogP contribution in [0.25, 0.3) is 20.5 Å². The van der Waals surface area contributed by atoms with E-state index in [1.165, 1.54) is 21.9 Å². The molecule has 0 bridgehead atoms. The summed E-state index contributed by atoms with van der Waals surface area (Å²) in [6.45, 7) is 14.7. The van der Waals surface area contributed by atoms with Crippen molar-refractivity contribution >= 4 is 81.7 Å². The molecule has 2 aromatic heterocycles. The van der Waals surface area contributed by atoms with E-state index in [-0.39, 0.29) is 80.7 Å². The number of carbonyl (C=O) groups is 7. The smallest absolute Gasteiger partial charge is 0.391 e. The van der Waals surface area contributed by atoms with Gasteiger partial charge in [0.25, 0.3) is 5.91 Å². The minimum absolute atomic E-state index is 0.0255. The summed E-state index contributed by atoms with van der Waals surface area (Å²) in [5, 5.41) is 22.4. The number of hydrogen-bond acceptors (Lipinski definition) is 14. The summed E-state index contributed by atoms with van der Waals surface area (Å²) in [7, 11) is -5.87. The second-order valence-electron chi connectivity index (χ2n) is 25.0. The first-order valence-electron chi connectivity index (χ1n) is 29.4. The van der Waals surface area contributed by atoms with E-state index in [2.05, 4.69) is 26.3 Å². The number of aliphatic hydroxyl groups is 1. The molecule has 3 aromatic carbocycles. The molecule has 3 unspecified atom stereocenters. The molecule has 0 spiro atoms. The zero-order valence-electron chi connectivity index (χ0n) is 50.6. The Morgan fingerprint density at radius 1 is 0.807 bits per heavy atom. The lowest BCUT2D eigenvalue weighted by Gasteiger charge is -2.38. The predicted octanol–water partition coefficient (Wildman–Crippen LogP) is 7.34. The van der Waals surface area contributed by atoms with Crippen LogP contribution >= 0.6 is 30.3 Å². The maximum absolute atomic E-state index is 14.9. The first-order valence-corrected chi connectivity index (χ1v) is 32.7. The van der Waals surface area contributed by atoms with Crippen molar-refractivity contribution in [1.82, 2.24) is 41.0 Å². The highest BCUT2D eigenvalue weighted by Crippen LogP contribution is 2.59. The van der Waals surface area contributed by atoms with E-state index in [0.717, 1.165) is 50.7 Å². The van der Waals surface area contributed by atoms with Crippen molar-refractivity contribution in [3.05, 3.63) is 112 Å². The SMILES string of the molecule is Cc1ncsc1-c1ccc([C@H](C)NC(=O)[C@@H]2C[C@@H](O)CN2C(=O)C(NC(=O)CCCCCNC(=O)CO[C@H]2C[C@@H](C(=O)N3CCOC(c4ccccc4)C3)N(C(=O)C(NC(=O)c3cc4cc(C(F)(F)P(=O)(O)O)ccc4s3)C(C)(C)C)C2)C(C)(C)C)cc1. The number of hydrogen-bond donors (Lipinski definition) is 7. The first-order chi connectivity index (χ1) is 41.4. The average Bonchev–Trinajstić information content (AvgIpc) is 4.15. The Bertz CT molecular complexity index is 3390. The number of halogens is 2. The number of rotatable bonds is 22. The van der Waals surface area contributed by atoms with E-state index in [1.54, 1.807) is 42.5 Å². The molecule has 476 valence electrons. The van der Waals surface area contributed by atoms with Crippen molar-refractivity contribution in [1.29, 1.82) is 0 Å². The van der Waals surface area contributed by atoms with Crippen LogP contribution in [-0.4, -0.2) is 158 Å². The minimum Gasteiger partial charge on any atom is -0.391 e. The van der Waals surface area contributed by atoms with Gasteiger partial charge >= 0.3 is 13.3 Å². The van der Waals surface area contributed by atoms with Crippen molar-refractivity contribution in [3.8, 4) is 10.4 Å². The Balaban J connectivity index is 0.835. The molecule has 7 amide bonds. The molecule has 0 radical (unpaired) electrons. The highest BCUT2D eigenvalue weighted by molar-refractivity contribution is 7.52. The number of morpholine rings is 1. The van der Waals surface area contributed by atoms with Crippen molar-refractivity contribution in [2.24, 2.45) is 10.8 Å². The number of thiazole rings is 1. The summed E-state index contributed by atoms with van der Waals surface area (Å²) in [4.78, 5) is 127. The van der Waals surface area contributed by atoms with Gasteiger partial charge in [0.1, 0.15) is 36.9 Å². The Hall–Kier alpha value is -6.57. The van der Waals surface area contributed by atoms with Crippen LogP contribution in [0.3, 0.4) is 0 Å². The fourth-order valence-electron chi connectivity index (χ4n) is 11.2. The zero-order chi connectivity index (χ0) is 64.0. The number of β-amino-alcohol motifs (C(OH)–C–C–N with tert-alkyl or cyclic N) is 1. The van der Waals surface area contributed by atoms with Gasteiger partial charge in [0.2, 0.25) is 35.4 Å². The number of benzene rings is 3. The quantitative estimate of drug-likeness (QED) is 0.0264. The number of carbonyl (C=O) groups excluding carboxylic acids is 7. The molecule has 0 aliphatic carbocycles. The maximum Gasteiger partial charge on any atom is 0.399 e. The van der Waals surface area contributed by atoms with Crippen LogP contribution in [0.4, 0.5) is 8.78 Å². The summed E-state index contributed by atoms with van der Waals surface area (Å²) in [5.41, 5.74) is -1.64. The lowest BCUT2D eigenvalue weighted by Crippen LogP contribution is -2.58. The summed E-state index contributed by atoms with van der Waals surface area (Å²) < 4.78 is 53.4. The van der Waals surface area contributed by atoms with Crippen molar-refractivity contribution in [2.45, 2.75) is 148 Å². The molecular formula is C62H79F2N8O13PS2. The Morgan fingerprint density at radius 3 is 2.12 bits per heavy atom. The lowest BCUT2D eigenvalue weighted by atomic mass is 9.85. The lowest BCUT2D eigenvalue weighted by molar-refractivity contribution is -0.150. The Kier molecular flexibility index (Phi) is 21.5. The van der Waals surface area contributed by atoms with Crippen LogP contribution < -0.4 is 21.3 Å². The third kappa shape index (κ3) is 16.2. The molecule has 3 aliphatic heterocycles. The fourth-order valence-corrected chi connectivity index (χ4v) is 13.4. The van der Waals surface area contributed by atoms with E-state index >= 15 is 0 Å². The standard InChI is InChI=1S/C62H79F2N8O13PS2/c1-36(38-18-20-40(21-19-38)52-37(2)66-35-87-52)67-55(76)45-29-43(73)31-71(45)58(79)53(60(3,4)5)68-50(74)17-13-10-14-24-65-51(75)34-85-44-30-46(57(78)70-25-26-84-47(33-70)39-15-11-9-12-16-39)72(32-44)59(80)54(61(6,7)8)69-56(77)49-28-41-27-42(22-23-48(41)88-49)62(63,64)86(81,82)83/h9,11-12,15-16,18-23,27-28,35-36,43-47,53-54,73H,10,13-14,17,24-26,29-34H2,1-8H3,(H,65,75)(H,67,76)(H,68,74)(H,69,77)(H2,81,82,83)/t36-,43+,44-,45-,46-,47?,53?,54?/m0/s1. The van der Waals surface area contributed by atoms with E-state index in [4.69, 9.17) is 9.47 Å². The number of likely N-dealkylation sites (tertiary alicyclic amines) is 2. The number of amides is 7. The first kappa shape index (κ1) is 67.4. The molecule has 8 atom stereocenters. The van der Waals surface area contributed by atoms with Crippen molar-refractivity contribution in [2.75, 3.05) is 45.9 Å². The topological polar surface area (TPSA) is 286 Å². The van der Waals surface area contributed by atoms with Crippen molar-refractivity contribution < 1.29 is 71.3 Å². The number of thiophene rings is 1. The largest absolute Gasteiger partial charge is 0.399 e. The summed E-state index contributed by atoms with van der Waals surface area (Å²) in [5.74, 6) is -3.42. The highest BCUT2D eigenvalue weighted by atomic mass is 32.1. The van der Waals surface area contributed by atoms with Crippen LogP contribution in [0, 0.1) is 17.8 Å². The third-order valence-electron chi connectivity index (χ3n) is 16.1. The predicted molar refractivity (Wildman–Crippen MR) is 328 cm³/mol. The van der Waals surface area contributed by atoms with Gasteiger partial charge in [-0.3, -0.25) is 38.1 Å². The summed E-state index contributed by atoms with van der Waals surface area (Å²) in [6, 6.07) is 16.9. The second kappa shape index (κ2) is 28.1. The third-order valence-corrected chi connectivity index (χ3v) is 19.2. The van der Waals surface area contributed by atoms with Gasteiger partial charge in [-0.05, 0) is 77.8 Å². The number of ether oxygens (including phenoxy) is 2.